The minimum absolute atomic E-state index is 0.0199. The second-order valence-corrected chi connectivity index (χ2v) is 8.30. The number of benzene rings is 1. The number of ether oxygens (including phenoxy) is 1. The number of aliphatic hydroxyl groups is 1. The van der Waals surface area contributed by atoms with Crippen LogP contribution in [-0.4, -0.2) is 56.2 Å². The average Bonchev–Trinajstić information content (AvgIpc) is 3.21. The molecule has 2 atom stereocenters. The predicted molar refractivity (Wildman–Crippen MR) is 123 cm³/mol. The first-order chi connectivity index (χ1) is 16.4. The smallest absolute Gasteiger partial charge is 0.326 e. The molecule has 1 aromatic carbocycles. The van der Waals surface area contributed by atoms with Gasteiger partial charge in [0.05, 0.1) is 34.4 Å². The van der Waals surface area contributed by atoms with E-state index < -0.39 is 17.7 Å². The van der Waals surface area contributed by atoms with Crippen LogP contribution in [0.5, 0.6) is 11.8 Å². The maximum atomic E-state index is 15.1. The fourth-order valence-corrected chi connectivity index (χ4v) is 4.23. The normalized spacial score (nSPS) is 17.4. The molecule has 12 heteroatoms. The molecule has 5 rings (SSSR count). The lowest BCUT2D eigenvalue weighted by atomic mass is 10.1. The monoisotopic (exact) mass is 470 g/mol. The molecular formula is C22H24F2N8O2. The molecule has 34 heavy (non-hydrogen) atoms. The van der Waals surface area contributed by atoms with Crippen molar-refractivity contribution in [3.63, 3.8) is 0 Å². The van der Waals surface area contributed by atoms with Crippen molar-refractivity contribution in [2.24, 2.45) is 5.73 Å². The third kappa shape index (κ3) is 3.84. The van der Waals surface area contributed by atoms with Crippen LogP contribution in [-0.2, 0) is 0 Å². The van der Waals surface area contributed by atoms with Gasteiger partial charge >= 0.3 is 6.01 Å². The molecule has 0 spiro atoms. The van der Waals surface area contributed by atoms with Crippen molar-refractivity contribution >= 4 is 33.4 Å². The van der Waals surface area contributed by atoms with Crippen LogP contribution in [0.15, 0.2) is 18.5 Å². The summed E-state index contributed by atoms with van der Waals surface area (Å²) < 4.78 is 35.3. The van der Waals surface area contributed by atoms with E-state index >= 15 is 4.39 Å². The van der Waals surface area contributed by atoms with Gasteiger partial charge < -0.3 is 30.8 Å². The van der Waals surface area contributed by atoms with Gasteiger partial charge in [-0.15, -0.1) is 0 Å². The molecule has 1 saturated heterocycles. The average molecular weight is 470 g/mol. The van der Waals surface area contributed by atoms with Crippen molar-refractivity contribution < 1.29 is 18.6 Å². The van der Waals surface area contributed by atoms with Gasteiger partial charge in [0, 0.05) is 32.2 Å². The Bertz CT molecular complexity index is 1360. The number of nitrogens with two attached hydrogens (primary N) is 1. The second-order valence-electron chi connectivity index (χ2n) is 8.30. The fraction of sp³-hybridized carbons (Fsp3) is 0.364. The number of halogens is 2. The van der Waals surface area contributed by atoms with E-state index in [2.05, 4.69) is 30.2 Å². The van der Waals surface area contributed by atoms with Gasteiger partial charge in [0.1, 0.15) is 17.6 Å². The predicted octanol–water partition coefficient (Wildman–Crippen LogP) is 2.99. The number of hydrogen-bond acceptors (Lipinski definition) is 9. The first-order valence-corrected chi connectivity index (χ1v) is 10.9. The van der Waals surface area contributed by atoms with Crippen LogP contribution in [0.4, 0.5) is 20.3 Å². The first kappa shape index (κ1) is 22.2. The molecule has 0 saturated carbocycles. The molecule has 0 radical (unpaired) electrons. The zero-order valence-electron chi connectivity index (χ0n) is 18.6. The molecule has 3 aromatic heterocycles. The Morgan fingerprint density at radius 1 is 1.26 bits per heavy atom. The number of nitrogens with one attached hydrogen (secondary N) is 2. The molecule has 1 fully saturated rings. The van der Waals surface area contributed by atoms with E-state index in [0.717, 1.165) is 18.9 Å². The number of piperidine rings is 1. The van der Waals surface area contributed by atoms with E-state index in [1.165, 1.54) is 12.4 Å². The Morgan fingerprint density at radius 3 is 2.71 bits per heavy atom. The lowest BCUT2D eigenvalue weighted by Gasteiger charge is -2.32. The second kappa shape index (κ2) is 8.61. The lowest BCUT2D eigenvalue weighted by Crippen LogP contribution is -2.43. The molecule has 4 aromatic rings. The Hall–Kier alpha value is -3.64. The quantitative estimate of drug-likeness (QED) is 0.347. The topological polar surface area (TPSA) is 138 Å². The maximum absolute atomic E-state index is 15.1. The van der Waals surface area contributed by atoms with E-state index in [9.17, 15) is 9.50 Å². The van der Waals surface area contributed by atoms with Gasteiger partial charge in [0.25, 0.3) is 0 Å². The summed E-state index contributed by atoms with van der Waals surface area (Å²) in [5, 5.41) is 12.9. The third-order valence-electron chi connectivity index (χ3n) is 5.84. The Kier molecular flexibility index (Phi) is 5.62. The highest BCUT2D eigenvalue weighted by atomic mass is 19.2. The molecule has 10 nitrogen and oxygen atoms in total. The zero-order valence-corrected chi connectivity index (χ0v) is 18.6. The van der Waals surface area contributed by atoms with Crippen LogP contribution in [0.3, 0.4) is 0 Å². The Balaban J connectivity index is 1.69. The highest BCUT2D eigenvalue weighted by molar-refractivity contribution is 6.15. The van der Waals surface area contributed by atoms with Gasteiger partial charge in [-0.1, -0.05) is 0 Å². The van der Waals surface area contributed by atoms with Gasteiger partial charge in [-0.05, 0) is 19.8 Å². The molecule has 1 aliphatic heterocycles. The number of H-pyrrole nitrogens is 1. The van der Waals surface area contributed by atoms with Gasteiger partial charge in [-0.2, -0.15) is 9.97 Å². The number of rotatable bonds is 5. The van der Waals surface area contributed by atoms with Crippen molar-refractivity contribution in [1.29, 1.82) is 0 Å². The van der Waals surface area contributed by atoms with Crippen molar-refractivity contribution in [2.45, 2.75) is 31.9 Å². The summed E-state index contributed by atoms with van der Waals surface area (Å²) in [4.78, 5) is 22.1. The van der Waals surface area contributed by atoms with Crippen molar-refractivity contribution in [3.05, 3.63) is 35.9 Å². The van der Waals surface area contributed by atoms with Crippen LogP contribution in [0.2, 0.25) is 0 Å². The van der Waals surface area contributed by atoms with Crippen LogP contribution < -0.4 is 20.7 Å². The summed E-state index contributed by atoms with van der Waals surface area (Å²) in [5.41, 5.74) is 7.23. The highest BCUT2D eigenvalue weighted by Crippen LogP contribution is 2.39. The number of aromatic nitrogens is 5. The minimum atomic E-state index is -0.984. The molecule has 178 valence electrons. The molecule has 2 unspecified atom stereocenters. The summed E-state index contributed by atoms with van der Waals surface area (Å²) in [5.74, 6) is -1.06. The molecule has 0 bridgehead atoms. The zero-order chi connectivity index (χ0) is 24.0. The van der Waals surface area contributed by atoms with E-state index in [1.54, 1.807) is 14.0 Å². The summed E-state index contributed by atoms with van der Waals surface area (Å²) in [6.07, 6.45) is 3.68. The molecule has 5 N–H and O–H groups in total. The van der Waals surface area contributed by atoms with E-state index in [4.69, 9.17) is 10.5 Å². The van der Waals surface area contributed by atoms with Gasteiger partial charge in [0.15, 0.2) is 23.2 Å². The van der Waals surface area contributed by atoms with Crippen molar-refractivity contribution in [1.82, 2.24) is 24.9 Å². The standard InChI is InChI=1S/C22H24F2N8O2/c1-10(33)19-27-7-12(8-28-19)34-22-30-20-16(21(31-22)32-5-3-4-11(25)9-32)15-17(24)13(23)6-14(26-2)18(15)29-20/h6-8,10-11,26,33H,3-5,9,25H2,1-2H3,(H,29,30,31). The maximum Gasteiger partial charge on any atom is 0.326 e. The van der Waals surface area contributed by atoms with Crippen LogP contribution in [0.25, 0.3) is 21.9 Å². The SMILES string of the molecule is CNc1cc(F)c(F)c2c1[nH]c1nc(Oc3cnc(C(C)O)nc3)nc(N3CCCC(N)C3)c12. The highest BCUT2D eigenvalue weighted by Gasteiger charge is 2.27. The number of aromatic amines is 1. The number of anilines is 2. The summed E-state index contributed by atoms with van der Waals surface area (Å²) >= 11 is 0. The van der Waals surface area contributed by atoms with Gasteiger partial charge in [0.2, 0.25) is 0 Å². The Morgan fingerprint density at radius 2 is 2.03 bits per heavy atom. The molecule has 1 aliphatic rings. The minimum Gasteiger partial charge on any atom is -0.421 e. The third-order valence-corrected chi connectivity index (χ3v) is 5.84. The number of nitrogens with zero attached hydrogens (tertiary/aromatic N) is 5. The lowest BCUT2D eigenvalue weighted by molar-refractivity contribution is 0.188. The fourth-order valence-electron chi connectivity index (χ4n) is 4.23. The van der Waals surface area contributed by atoms with Gasteiger partial charge in [-0.25, -0.2) is 18.7 Å². The van der Waals surface area contributed by atoms with Crippen molar-refractivity contribution in [2.75, 3.05) is 30.4 Å². The number of hydrogen-bond donors (Lipinski definition) is 4. The van der Waals surface area contributed by atoms with E-state index in [0.29, 0.717) is 35.5 Å². The molecular weight excluding hydrogens is 446 g/mol. The van der Waals surface area contributed by atoms with Crippen LogP contribution in [0, 0.1) is 11.6 Å². The van der Waals surface area contributed by atoms with Gasteiger partial charge in [-0.3, -0.25) is 0 Å². The summed E-state index contributed by atoms with van der Waals surface area (Å²) in [7, 11) is 1.62. The number of aliphatic hydroxyl groups excluding tert-OH is 1. The van der Waals surface area contributed by atoms with Crippen LogP contribution >= 0.6 is 0 Å². The Labute approximate surface area is 193 Å². The van der Waals surface area contributed by atoms with Crippen molar-refractivity contribution in [3.8, 4) is 11.8 Å². The molecule has 0 aliphatic carbocycles. The summed E-state index contributed by atoms with van der Waals surface area (Å²) in [6, 6.07) is 0.993. The number of fused-ring (bicyclic) bond motifs is 3. The van der Waals surface area contributed by atoms with E-state index in [-0.39, 0.29) is 34.7 Å². The van der Waals surface area contributed by atoms with Crippen LogP contribution in [0.1, 0.15) is 31.7 Å². The molecule has 0 amide bonds. The largest absolute Gasteiger partial charge is 0.421 e. The van der Waals surface area contributed by atoms with E-state index in [1.807, 2.05) is 4.90 Å². The first-order valence-electron chi connectivity index (χ1n) is 10.9. The molecule has 4 heterocycles. The summed E-state index contributed by atoms with van der Waals surface area (Å²) in [6.45, 7) is 2.70.